The van der Waals surface area contributed by atoms with Crippen molar-refractivity contribution in [2.75, 3.05) is 18.5 Å². The SMILES string of the molecule is O=C1O[C@H](N2C(=O)CC[C@@H]2C(=O)Nc2ccc3c(c2)OCCO3)c2ccccc21. The van der Waals surface area contributed by atoms with Crippen molar-refractivity contribution in [3.8, 4) is 11.5 Å². The van der Waals surface area contributed by atoms with Crippen LogP contribution >= 0.6 is 0 Å². The lowest BCUT2D eigenvalue weighted by molar-refractivity contribution is -0.144. The number of fused-ring (bicyclic) bond motifs is 2. The summed E-state index contributed by atoms with van der Waals surface area (Å²) in [7, 11) is 0. The van der Waals surface area contributed by atoms with Crippen molar-refractivity contribution in [3.63, 3.8) is 0 Å². The maximum absolute atomic E-state index is 13.0. The van der Waals surface area contributed by atoms with Crippen LogP contribution in [0.3, 0.4) is 0 Å². The van der Waals surface area contributed by atoms with E-state index in [-0.39, 0.29) is 18.2 Å². The topological polar surface area (TPSA) is 94.2 Å². The van der Waals surface area contributed by atoms with Crippen molar-refractivity contribution >= 4 is 23.5 Å². The number of benzene rings is 2. The minimum Gasteiger partial charge on any atom is -0.486 e. The fourth-order valence-electron chi connectivity index (χ4n) is 3.93. The zero-order valence-electron chi connectivity index (χ0n) is 15.4. The number of carbonyl (C=O) groups is 3. The van der Waals surface area contributed by atoms with Crippen LogP contribution in [-0.4, -0.2) is 41.9 Å². The lowest BCUT2D eigenvalue weighted by Crippen LogP contribution is -2.43. The molecule has 8 heteroatoms. The maximum atomic E-state index is 13.0. The number of likely N-dealkylation sites (tertiary alicyclic amines) is 1. The van der Waals surface area contributed by atoms with Gasteiger partial charge in [0.25, 0.3) is 0 Å². The molecule has 0 spiro atoms. The van der Waals surface area contributed by atoms with Crippen LogP contribution in [0.4, 0.5) is 5.69 Å². The van der Waals surface area contributed by atoms with E-state index in [2.05, 4.69) is 5.32 Å². The molecule has 1 N–H and O–H groups in total. The molecule has 2 aromatic carbocycles. The van der Waals surface area contributed by atoms with Gasteiger partial charge in [-0.05, 0) is 24.6 Å². The third kappa shape index (κ3) is 2.97. The number of nitrogens with zero attached hydrogens (tertiary/aromatic N) is 1. The van der Waals surface area contributed by atoms with E-state index < -0.39 is 18.2 Å². The van der Waals surface area contributed by atoms with Crippen LogP contribution in [0.15, 0.2) is 42.5 Å². The number of esters is 1. The Morgan fingerprint density at radius 2 is 1.83 bits per heavy atom. The van der Waals surface area contributed by atoms with E-state index in [0.29, 0.717) is 47.9 Å². The molecule has 2 atom stereocenters. The minimum absolute atomic E-state index is 0.218. The average molecular weight is 394 g/mol. The van der Waals surface area contributed by atoms with Gasteiger partial charge in [0.05, 0.1) is 5.56 Å². The summed E-state index contributed by atoms with van der Waals surface area (Å²) in [5.41, 5.74) is 1.57. The van der Waals surface area contributed by atoms with E-state index >= 15 is 0 Å². The molecule has 3 heterocycles. The Balaban J connectivity index is 1.38. The van der Waals surface area contributed by atoms with E-state index in [0.717, 1.165) is 0 Å². The van der Waals surface area contributed by atoms with E-state index in [1.807, 2.05) is 0 Å². The highest BCUT2D eigenvalue weighted by Gasteiger charge is 2.46. The number of ether oxygens (including phenoxy) is 3. The first-order chi connectivity index (χ1) is 14.1. The van der Waals surface area contributed by atoms with Crippen molar-refractivity contribution < 1.29 is 28.6 Å². The van der Waals surface area contributed by atoms with Gasteiger partial charge in [0.1, 0.15) is 19.3 Å². The summed E-state index contributed by atoms with van der Waals surface area (Å²) >= 11 is 0. The van der Waals surface area contributed by atoms with Gasteiger partial charge < -0.3 is 19.5 Å². The van der Waals surface area contributed by atoms with E-state index in [1.165, 1.54) is 4.90 Å². The molecule has 3 aliphatic rings. The van der Waals surface area contributed by atoms with E-state index in [9.17, 15) is 14.4 Å². The Labute approximate surface area is 166 Å². The zero-order valence-corrected chi connectivity index (χ0v) is 15.4. The first-order valence-electron chi connectivity index (χ1n) is 9.43. The summed E-state index contributed by atoms with van der Waals surface area (Å²) in [6.07, 6.45) is -0.314. The molecule has 0 aromatic heterocycles. The Hall–Kier alpha value is -3.55. The number of anilines is 1. The number of nitrogens with one attached hydrogen (secondary N) is 1. The molecule has 8 nitrogen and oxygen atoms in total. The molecular formula is C21H18N2O6. The van der Waals surface area contributed by atoms with Crippen molar-refractivity contribution in [3.05, 3.63) is 53.6 Å². The quantitative estimate of drug-likeness (QED) is 0.803. The molecule has 1 saturated heterocycles. The number of rotatable bonds is 3. The summed E-state index contributed by atoms with van der Waals surface area (Å²) in [4.78, 5) is 39.1. The van der Waals surface area contributed by atoms with Gasteiger partial charge in [0.2, 0.25) is 18.0 Å². The average Bonchev–Trinajstić information content (AvgIpc) is 3.28. The largest absolute Gasteiger partial charge is 0.486 e. The number of amides is 2. The number of carbonyl (C=O) groups excluding carboxylic acids is 3. The van der Waals surface area contributed by atoms with E-state index in [4.69, 9.17) is 14.2 Å². The molecule has 2 amide bonds. The van der Waals surface area contributed by atoms with Crippen molar-refractivity contribution in [1.29, 1.82) is 0 Å². The third-order valence-corrected chi connectivity index (χ3v) is 5.29. The first kappa shape index (κ1) is 17.5. The molecule has 1 fully saturated rings. The maximum Gasteiger partial charge on any atom is 0.340 e. The van der Waals surface area contributed by atoms with Gasteiger partial charge >= 0.3 is 5.97 Å². The van der Waals surface area contributed by atoms with Crippen LogP contribution in [0.25, 0.3) is 0 Å². The van der Waals surface area contributed by atoms with Crippen LogP contribution in [-0.2, 0) is 14.3 Å². The van der Waals surface area contributed by atoms with Crippen LogP contribution in [0.2, 0.25) is 0 Å². The highest BCUT2D eigenvalue weighted by Crippen LogP contribution is 2.39. The second kappa shape index (κ2) is 6.80. The Bertz CT molecular complexity index is 1020. The van der Waals surface area contributed by atoms with Crippen LogP contribution in [0.1, 0.15) is 35.0 Å². The molecular weight excluding hydrogens is 376 g/mol. The van der Waals surface area contributed by atoms with Gasteiger partial charge in [-0.2, -0.15) is 0 Å². The molecule has 0 saturated carbocycles. The van der Waals surface area contributed by atoms with Crippen molar-refractivity contribution in [2.45, 2.75) is 25.1 Å². The number of cyclic esters (lactones) is 1. The Morgan fingerprint density at radius 3 is 2.69 bits per heavy atom. The van der Waals surface area contributed by atoms with Crippen molar-refractivity contribution in [1.82, 2.24) is 4.90 Å². The highest BCUT2D eigenvalue weighted by molar-refractivity contribution is 6.00. The summed E-state index contributed by atoms with van der Waals surface area (Å²) in [5, 5.41) is 2.83. The molecule has 29 heavy (non-hydrogen) atoms. The Kier molecular flexibility index (Phi) is 4.12. The van der Waals surface area contributed by atoms with Crippen LogP contribution in [0.5, 0.6) is 11.5 Å². The summed E-state index contributed by atoms with van der Waals surface area (Å²) in [6.45, 7) is 0.932. The minimum atomic E-state index is -0.885. The van der Waals surface area contributed by atoms with Gasteiger partial charge in [0, 0.05) is 23.7 Å². The number of hydrogen-bond acceptors (Lipinski definition) is 6. The Morgan fingerprint density at radius 1 is 1.03 bits per heavy atom. The van der Waals surface area contributed by atoms with Crippen LogP contribution in [0, 0.1) is 0 Å². The van der Waals surface area contributed by atoms with E-state index in [1.54, 1.807) is 42.5 Å². The highest BCUT2D eigenvalue weighted by atomic mass is 16.6. The van der Waals surface area contributed by atoms with Gasteiger partial charge in [0.15, 0.2) is 11.5 Å². The normalized spacial score (nSPS) is 22.3. The van der Waals surface area contributed by atoms with Crippen LogP contribution < -0.4 is 14.8 Å². The lowest BCUT2D eigenvalue weighted by atomic mass is 10.1. The van der Waals surface area contributed by atoms with Gasteiger partial charge in [-0.3, -0.25) is 14.5 Å². The lowest BCUT2D eigenvalue weighted by Gasteiger charge is -2.29. The fourth-order valence-corrected chi connectivity index (χ4v) is 3.93. The molecule has 0 aliphatic carbocycles. The van der Waals surface area contributed by atoms with Gasteiger partial charge in [-0.25, -0.2) is 4.79 Å². The van der Waals surface area contributed by atoms with Gasteiger partial charge in [-0.1, -0.05) is 18.2 Å². The van der Waals surface area contributed by atoms with Crippen molar-refractivity contribution in [2.24, 2.45) is 0 Å². The second-order valence-corrected chi connectivity index (χ2v) is 7.05. The predicted molar refractivity (Wildman–Crippen MR) is 101 cm³/mol. The molecule has 2 aromatic rings. The summed E-state index contributed by atoms with van der Waals surface area (Å²) in [5.74, 6) is 0.138. The second-order valence-electron chi connectivity index (χ2n) is 7.05. The molecule has 5 rings (SSSR count). The summed E-state index contributed by atoms with van der Waals surface area (Å²) < 4.78 is 16.5. The number of hydrogen-bond donors (Lipinski definition) is 1. The van der Waals surface area contributed by atoms with Gasteiger partial charge in [-0.15, -0.1) is 0 Å². The standard InChI is InChI=1S/C21H18N2O6/c24-18-8-6-15(23(18)20-13-3-1-2-4-14(13)21(26)29-20)19(25)22-12-5-7-16-17(11-12)28-10-9-27-16/h1-5,7,11,15,20H,6,8-10H2,(H,22,25)/t15-,20+/m1/s1. The molecule has 0 radical (unpaired) electrons. The first-order valence-corrected chi connectivity index (χ1v) is 9.43. The molecule has 0 unspecified atom stereocenters. The monoisotopic (exact) mass is 394 g/mol. The fraction of sp³-hybridized carbons (Fsp3) is 0.286. The molecule has 3 aliphatic heterocycles. The predicted octanol–water partition coefficient (Wildman–Crippen LogP) is 2.26. The third-order valence-electron chi connectivity index (χ3n) is 5.29. The zero-order chi connectivity index (χ0) is 20.0. The summed E-state index contributed by atoms with van der Waals surface area (Å²) in [6, 6.07) is 11.3. The molecule has 0 bridgehead atoms. The smallest absolute Gasteiger partial charge is 0.340 e. The molecule has 148 valence electrons.